The minimum absolute atomic E-state index is 0.121. The van der Waals surface area contributed by atoms with Gasteiger partial charge in [-0.05, 0) is 59.0 Å². The normalized spacial score (nSPS) is 10.3. The summed E-state index contributed by atoms with van der Waals surface area (Å²) in [5.74, 6) is -1.72. The molecule has 1 amide bonds. The van der Waals surface area contributed by atoms with Crippen molar-refractivity contribution < 1.29 is 13.6 Å². The molecule has 2 rings (SSSR count). The first-order chi connectivity index (χ1) is 8.97. The quantitative estimate of drug-likeness (QED) is 0.749. The molecule has 0 atom stereocenters. The van der Waals surface area contributed by atoms with Gasteiger partial charge in [0.25, 0.3) is 5.91 Å². The van der Waals surface area contributed by atoms with E-state index in [1.165, 1.54) is 30.3 Å². The Morgan fingerprint density at radius 1 is 1.16 bits per heavy atom. The van der Waals surface area contributed by atoms with Gasteiger partial charge in [-0.15, -0.1) is 0 Å². The highest BCUT2D eigenvalue weighted by Gasteiger charge is 2.13. The SMILES string of the molecule is O=C(Nc1ccc(F)cc1I)c1ccc(Cl)cc1F. The molecule has 2 aromatic rings. The number of halogens is 4. The van der Waals surface area contributed by atoms with Gasteiger partial charge >= 0.3 is 0 Å². The van der Waals surface area contributed by atoms with Gasteiger partial charge in [0.15, 0.2) is 0 Å². The number of rotatable bonds is 2. The smallest absolute Gasteiger partial charge is 0.258 e. The minimum atomic E-state index is -0.706. The first-order valence-corrected chi connectivity index (χ1v) is 6.64. The summed E-state index contributed by atoms with van der Waals surface area (Å²) in [6, 6.07) is 7.69. The van der Waals surface area contributed by atoms with E-state index in [4.69, 9.17) is 11.6 Å². The fraction of sp³-hybridized carbons (Fsp3) is 0. The Hall–Kier alpha value is -1.21. The van der Waals surface area contributed by atoms with Crippen molar-refractivity contribution in [1.29, 1.82) is 0 Å². The summed E-state index contributed by atoms with van der Waals surface area (Å²) in [5.41, 5.74) is 0.297. The third kappa shape index (κ3) is 3.42. The van der Waals surface area contributed by atoms with Crippen molar-refractivity contribution in [2.24, 2.45) is 0 Å². The van der Waals surface area contributed by atoms with Crippen LogP contribution in [0.3, 0.4) is 0 Å². The minimum Gasteiger partial charge on any atom is -0.321 e. The van der Waals surface area contributed by atoms with E-state index in [9.17, 15) is 13.6 Å². The zero-order valence-corrected chi connectivity index (χ0v) is 12.3. The molecule has 0 aliphatic rings. The highest BCUT2D eigenvalue weighted by atomic mass is 127. The molecule has 2 nitrogen and oxygen atoms in total. The lowest BCUT2D eigenvalue weighted by Gasteiger charge is -2.08. The average Bonchev–Trinajstić information content (AvgIpc) is 2.32. The highest BCUT2D eigenvalue weighted by Crippen LogP contribution is 2.21. The van der Waals surface area contributed by atoms with E-state index < -0.39 is 17.5 Å². The monoisotopic (exact) mass is 393 g/mol. The van der Waals surface area contributed by atoms with Crippen LogP contribution in [0.4, 0.5) is 14.5 Å². The van der Waals surface area contributed by atoms with Crippen LogP contribution in [0.2, 0.25) is 5.02 Å². The summed E-state index contributed by atoms with van der Waals surface area (Å²) >= 11 is 7.49. The first-order valence-electron chi connectivity index (χ1n) is 5.19. The van der Waals surface area contributed by atoms with Crippen LogP contribution in [0.5, 0.6) is 0 Å². The zero-order chi connectivity index (χ0) is 14.0. The number of anilines is 1. The van der Waals surface area contributed by atoms with Gasteiger partial charge in [-0.1, -0.05) is 11.6 Å². The van der Waals surface area contributed by atoms with Crippen molar-refractivity contribution in [3.8, 4) is 0 Å². The lowest BCUT2D eigenvalue weighted by molar-refractivity contribution is 0.102. The molecule has 0 spiro atoms. The summed E-state index contributed by atoms with van der Waals surface area (Å²) in [5, 5.41) is 2.73. The summed E-state index contributed by atoms with van der Waals surface area (Å²) < 4.78 is 27.0. The number of carbonyl (C=O) groups is 1. The van der Waals surface area contributed by atoms with E-state index in [1.807, 2.05) is 22.6 Å². The molecule has 0 aromatic heterocycles. The van der Waals surface area contributed by atoms with E-state index >= 15 is 0 Å². The van der Waals surface area contributed by atoms with Crippen LogP contribution >= 0.6 is 34.2 Å². The van der Waals surface area contributed by atoms with Crippen LogP contribution < -0.4 is 5.32 Å². The van der Waals surface area contributed by atoms with Crippen LogP contribution in [-0.4, -0.2) is 5.91 Å². The van der Waals surface area contributed by atoms with Crippen molar-refractivity contribution in [3.63, 3.8) is 0 Å². The summed E-state index contributed by atoms with van der Waals surface area (Å²) in [7, 11) is 0. The average molecular weight is 394 g/mol. The number of nitrogens with one attached hydrogen (secondary N) is 1. The van der Waals surface area contributed by atoms with E-state index in [0.29, 0.717) is 9.26 Å². The van der Waals surface area contributed by atoms with Crippen molar-refractivity contribution in [2.45, 2.75) is 0 Å². The molecule has 98 valence electrons. The maximum atomic E-state index is 13.6. The highest BCUT2D eigenvalue weighted by molar-refractivity contribution is 14.1. The molecule has 0 saturated heterocycles. The molecule has 0 aliphatic heterocycles. The number of amides is 1. The Kier molecular flexibility index (Phi) is 4.36. The topological polar surface area (TPSA) is 29.1 Å². The molecule has 0 radical (unpaired) electrons. The van der Waals surface area contributed by atoms with Gasteiger partial charge in [0.2, 0.25) is 0 Å². The van der Waals surface area contributed by atoms with Crippen LogP contribution in [-0.2, 0) is 0 Å². The molecule has 0 saturated carbocycles. The lowest BCUT2D eigenvalue weighted by Crippen LogP contribution is -2.14. The molecular weight excluding hydrogens is 387 g/mol. The van der Waals surface area contributed by atoms with Crippen LogP contribution in [0.15, 0.2) is 36.4 Å². The van der Waals surface area contributed by atoms with Gasteiger partial charge in [-0.2, -0.15) is 0 Å². The van der Waals surface area contributed by atoms with Crippen molar-refractivity contribution in [1.82, 2.24) is 0 Å². The fourth-order valence-corrected chi connectivity index (χ4v) is 2.23. The lowest BCUT2D eigenvalue weighted by atomic mass is 10.2. The number of benzene rings is 2. The largest absolute Gasteiger partial charge is 0.321 e. The molecule has 0 fully saturated rings. The van der Waals surface area contributed by atoms with E-state index in [1.54, 1.807) is 0 Å². The molecule has 0 unspecified atom stereocenters. The van der Waals surface area contributed by atoms with Crippen LogP contribution in [0, 0.1) is 15.2 Å². The second-order valence-electron chi connectivity index (χ2n) is 3.70. The first kappa shape index (κ1) is 14.2. The Morgan fingerprint density at radius 3 is 2.53 bits per heavy atom. The maximum absolute atomic E-state index is 13.6. The fourth-order valence-electron chi connectivity index (χ4n) is 1.45. The Labute approximate surface area is 126 Å². The van der Waals surface area contributed by atoms with E-state index in [-0.39, 0.29) is 10.6 Å². The molecule has 6 heteroatoms. The summed E-state index contributed by atoms with van der Waals surface area (Å²) in [6.07, 6.45) is 0. The number of hydrogen-bond donors (Lipinski definition) is 1. The van der Waals surface area contributed by atoms with Crippen molar-refractivity contribution in [2.75, 3.05) is 5.32 Å². The Morgan fingerprint density at radius 2 is 1.89 bits per heavy atom. The molecule has 0 aliphatic carbocycles. The molecule has 1 N–H and O–H groups in total. The second-order valence-corrected chi connectivity index (χ2v) is 5.30. The predicted octanol–water partition coefficient (Wildman–Crippen LogP) is 4.48. The van der Waals surface area contributed by atoms with E-state index in [2.05, 4.69) is 5.32 Å². The van der Waals surface area contributed by atoms with Gasteiger partial charge in [0.1, 0.15) is 11.6 Å². The van der Waals surface area contributed by atoms with Gasteiger partial charge in [0.05, 0.1) is 11.3 Å². The van der Waals surface area contributed by atoms with Gasteiger partial charge in [-0.25, -0.2) is 8.78 Å². The maximum Gasteiger partial charge on any atom is 0.258 e. The van der Waals surface area contributed by atoms with E-state index in [0.717, 1.165) is 6.07 Å². The predicted molar refractivity (Wildman–Crippen MR) is 78.5 cm³/mol. The molecule has 2 aromatic carbocycles. The standard InChI is InChI=1S/C13H7ClF2INO/c14-7-1-3-9(10(16)5-7)13(19)18-12-4-2-8(15)6-11(12)17/h1-6H,(H,18,19). The summed E-state index contributed by atoms with van der Waals surface area (Å²) in [4.78, 5) is 11.9. The third-order valence-corrected chi connectivity index (χ3v) is 3.48. The zero-order valence-electron chi connectivity index (χ0n) is 9.38. The van der Waals surface area contributed by atoms with Crippen molar-refractivity contribution >= 4 is 45.8 Å². The molecule has 19 heavy (non-hydrogen) atoms. The molecular formula is C13H7ClF2INO. The summed E-state index contributed by atoms with van der Waals surface area (Å²) in [6.45, 7) is 0. The Balaban J connectivity index is 2.25. The van der Waals surface area contributed by atoms with Crippen LogP contribution in [0.25, 0.3) is 0 Å². The Bertz CT molecular complexity index is 649. The number of carbonyl (C=O) groups excluding carboxylic acids is 1. The molecule has 0 bridgehead atoms. The van der Waals surface area contributed by atoms with Crippen LogP contribution in [0.1, 0.15) is 10.4 Å². The second kappa shape index (κ2) is 5.83. The third-order valence-electron chi connectivity index (χ3n) is 2.36. The van der Waals surface area contributed by atoms with Crippen molar-refractivity contribution in [3.05, 3.63) is 62.2 Å². The van der Waals surface area contributed by atoms with Gasteiger partial charge in [-0.3, -0.25) is 4.79 Å². The molecule has 0 heterocycles. The van der Waals surface area contributed by atoms with Gasteiger partial charge < -0.3 is 5.32 Å². The number of hydrogen-bond acceptors (Lipinski definition) is 1. The van der Waals surface area contributed by atoms with Gasteiger partial charge in [0, 0.05) is 8.59 Å².